The number of unbranched alkanes of at least 4 members (excludes halogenated alkanes) is 20. The van der Waals surface area contributed by atoms with Gasteiger partial charge in [0.1, 0.15) is 13.2 Å². The van der Waals surface area contributed by atoms with E-state index in [2.05, 4.69) is 69.4 Å². The van der Waals surface area contributed by atoms with Crippen molar-refractivity contribution in [3.8, 4) is 0 Å². The minimum atomic E-state index is -0.770. The Morgan fingerprint density at radius 3 is 1.15 bits per heavy atom. The van der Waals surface area contributed by atoms with E-state index >= 15 is 0 Å². The van der Waals surface area contributed by atoms with Crippen molar-refractivity contribution in [2.75, 3.05) is 13.2 Å². The van der Waals surface area contributed by atoms with Gasteiger partial charge >= 0.3 is 17.9 Å². The van der Waals surface area contributed by atoms with Gasteiger partial charge in [-0.3, -0.25) is 14.4 Å². The Morgan fingerprint density at radius 1 is 0.396 bits per heavy atom. The molecular weight excluding hydrogens is 661 g/mol. The highest BCUT2D eigenvalue weighted by molar-refractivity contribution is 5.71. The minimum Gasteiger partial charge on any atom is -0.462 e. The van der Waals surface area contributed by atoms with E-state index in [4.69, 9.17) is 14.2 Å². The van der Waals surface area contributed by atoms with E-state index < -0.39 is 6.10 Å². The Morgan fingerprint density at radius 2 is 0.736 bits per heavy atom. The zero-order valence-electron chi connectivity index (χ0n) is 34.8. The predicted octanol–water partition coefficient (Wildman–Crippen LogP) is 14.0. The molecule has 0 aromatic rings. The standard InChI is InChI=1S/C47H82O6/c1-4-7-10-13-15-17-19-20-21-22-23-24-25-26-28-29-31-34-37-40-46(49)52-43-44(42-51-45(48)39-36-33-12-9-6-3)53-47(50)41-38-35-32-30-27-18-16-14-11-8-5-2/h7,10,15,17,20-21,23-24,44H,4-6,8-9,11-14,16,18-19,22,25-43H2,1-3H3/b10-7-,17-15-,21-20-,24-23-. The molecule has 0 spiro atoms. The number of esters is 3. The van der Waals surface area contributed by atoms with Crippen molar-refractivity contribution >= 4 is 17.9 Å². The van der Waals surface area contributed by atoms with Gasteiger partial charge in [-0.2, -0.15) is 0 Å². The predicted molar refractivity (Wildman–Crippen MR) is 224 cm³/mol. The normalized spacial score (nSPS) is 12.4. The van der Waals surface area contributed by atoms with E-state index in [1.165, 1.54) is 77.0 Å². The molecular formula is C47H82O6. The number of carbonyl (C=O) groups is 3. The highest BCUT2D eigenvalue weighted by Gasteiger charge is 2.19. The van der Waals surface area contributed by atoms with Crippen LogP contribution in [0.4, 0.5) is 0 Å². The lowest BCUT2D eigenvalue weighted by Crippen LogP contribution is -2.30. The fourth-order valence-electron chi connectivity index (χ4n) is 6.02. The molecule has 0 saturated heterocycles. The molecule has 1 unspecified atom stereocenters. The smallest absolute Gasteiger partial charge is 0.306 e. The largest absolute Gasteiger partial charge is 0.462 e. The molecule has 0 amide bonds. The van der Waals surface area contributed by atoms with Gasteiger partial charge in [0.05, 0.1) is 0 Å². The molecule has 0 aliphatic carbocycles. The molecule has 0 aromatic carbocycles. The van der Waals surface area contributed by atoms with Crippen LogP contribution in [-0.2, 0) is 28.6 Å². The quantitative estimate of drug-likeness (QED) is 0.0270. The van der Waals surface area contributed by atoms with Crippen LogP contribution in [0.5, 0.6) is 0 Å². The summed E-state index contributed by atoms with van der Waals surface area (Å²) in [4.78, 5) is 37.4. The van der Waals surface area contributed by atoms with Crippen LogP contribution in [0.15, 0.2) is 48.6 Å². The fraction of sp³-hybridized carbons (Fsp3) is 0.766. The summed E-state index contributed by atoms with van der Waals surface area (Å²) in [5.74, 6) is -0.907. The maximum Gasteiger partial charge on any atom is 0.306 e. The summed E-state index contributed by atoms with van der Waals surface area (Å²) in [6.45, 7) is 6.41. The van der Waals surface area contributed by atoms with Crippen molar-refractivity contribution < 1.29 is 28.6 Å². The van der Waals surface area contributed by atoms with Crippen molar-refractivity contribution in [1.29, 1.82) is 0 Å². The van der Waals surface area contributed by atoms with E-state index in [0.717, 1.165) is 96.3 Å². The van der Waals surface area contributed by atoms with E-state index in [-0.39, 0.29) is 31.1 Å². The molecule has 6 heteroatoms. The Hall–Kier alpha value is -2.63. The van der Waals surface area contributed by atoms with Crippen LogP contribution in [-0.4, -0.2) is 37.2 Å². The number of carbonyl (C=O) groups excluding carboxylic acids is 3. The van der Waals surface area contributed by atoms with Crippen LogP contribution in [0.2, 0.25) is 0 Å². The highest BCUT2D eigenvalue weighted by Crippen LogP contribution is 2.14. The van der Waals surface area contributed by atoms with Gasteiger partial charge in [0, 0.05) is 19.3 Å². The van der Waals surface area contributed by atoms with E-state index in [0.29, 0.717) is 19.3 Å². The van der Waals surface area contributed by atoms with Crippen LogP contribution in [0.25, 0.3) is 0 Å². The van der Waals surface area contributed by atoms with E-state index in [1.807, 2.05) is 0 Å². The number of ether oxygens (including phenoxy) is 3. The molecule has 0 saturated carbocycles. The molecule has 1 atom stereocenters. The van der Waals surface area contributed by atoms with Gasteiger partial charge < -0.3 is 14.2 Å². The molecule has 306 valence electrons. The molecule has 0 fully saturated rings. The first-order chi connectivity index (χ1) is 26.0. The monoisotopic (exact) mass is 743 g/mol. The molecule has 0 heterocycles. The summed E-state index contributed by atoms with van der Waals surface area (Å²) >= 11 is 0. The maximum absolute atomic E-state index is 12.6. The van der Waals surface area contributed by atoms with Gasteiger partial charge in [-0.05, 0) is 57.8 Å². The zero-order valence-corrected chi connectivity index (χ0v) is 34.8. The number of hydrogen-bond acceptors (Lipinski definition) is 6. The SMILES string of the molecule is CC/C=C\C/C=C\C/C=C\C/C=C\CCCCCCCCC(=O)OCC(COC(=O)CCCCCCC)OC(=O)CCCCCCCCCCCCC. The van der Waals surface area contributed by atoms with Gasteiger partial charge in [-0.15, -0.1) is 0 Å². The van der Waals surface area contributed by atoms with Crippen LogP contribution in [0.1, 0.15) is 213 Å². The van der Waals surface area contributed by atoms with Gasteiger partial charge in [-0.1, -0.05) is 185 Å². The Labute approximate surface area is 327 Å². The molecule has 0 aromatic heterocycles. The summed E-state index contributed by atoms with van der Waals surface area (Å²) in [5.41, 5.74) is 0. The molecule has 0 bridgehead atoms. The highest BCUT2D eigenvalue weighted by atomic mass is 16.6. The van der Waals surface area contributed by atoms with E-state index in [1.54, 1.807) is 0 Å². The second-order valence-electron chi connectivity index (χ2n) is 14.6. The first-order valence-electron chi connectivity index (χ1n) is 22.1. The fourth-order valence-corrected chi connectivity index (χ4v) is 6.02. The third-order valence-electron chi connectivity index (χ3n) is 9.35. The Balaban J connectivity index is 4.22. The van der Waals surface area contributed by atoms with Crippen LogP contribution < -0.4 is 0 Å². The average molecular weight is 743 g/mol. The third kappa shape index (κ3) is 40.4. The lowest BCUT2D eigenvalue weighted by atomic mass is 10.1. The lowest BCUT2D eigenvalue weighted by molar-refractivity contribution is -0.167. The lowest BCUT2D eigenvalue weighted by Gasteiger charge is -2.18. The molecule has 0 N–H and O–H groups in total. The second-order valence-corrected chi connectivity index (χ2v) is 14.6. The summed E-state index contributed by atoms with van der Waals surface area (Å²) in [5, 5.41) is 0. The summed E-state index contributed by atoms with van der Waals surface area (Å²) < 4.78 is 16.6. The first kappa shape index (κ1) is 50.4. The topological polar surface area (TPSA) is 78.9 Å². The van der Waals surface area contributed by atoms with Gasteiger partial charge in [0.15, 0.2) is 6.10 Å². The maximum atomic E-state index is 12.6. The number of hydrogen-bond donors (Lipinski definition) is 0. The number of allylic oxidation sites excluding steroid dienone is 8. The molecule has 53 heavy (non-hydrogen) atoms. The zero-order chi connectivity index (χ0) is 38.7. The molecule has 0 rings (SSSR count). The summed E-state index contributed by atoms with van der Waals surface area (Å²) in [6.07, 6.45) is 48.4. The molecule has 0 radical (unpaired) electrons. The van der Waals surface area contributed by atoms with Gasteiger partial charge in [-0.25, -0.2) is 0 Å². The molecule has 6 nitrogen and oxygen atoms in total. The Bertz CT molecular complexity index is 949. The van der Waals surface area contributed by atoms with Crippen molar-refractivity contribution in [2.45, 2.75) is 219 Å². The van der Waals surface area contributed by atoms with Crippen molar-refractivity contribution in [1.82, 2.24) is 0 Å². The second kappa shape index (κ2) is 42.1. The minimum absolute atomic E-state index is 0.0774. The van der Waals surface area contributed by atoms with Crippen LogP contribution >= 0.6 is 0 Å². The first-order valence-corrected chi connectivity index (χ1v) is 22.1. The van der Waals surface area contributed by atoms with Crippen LogP contribution in [0.3, 0.4) is 0 Å². The van der Waals surface area contributed by atoms with E-state index in [9.17, 15) is 14.4 Å². The number of rotatable bonds is 39. The van der Waals surface area contributed by atoms with Crippen LogP contribution in [0, 0.1) is 0 Å². The van der Waals surface area contributed by atoms with Crippen molar-refractivity contribution in [3.63, 3.8) is 0 Å². The Kier molecular flexibility index (Phi) is 40.0. The van der Waals surface area contributed by atoms with Crippen molar-refractivity contribution in [2.24, 2.45) is 0 Å². The molecule has 0 aliphatic heterocycles. The third-order valence-corrected chi connectivity index (χ3v) is 9.35. The summed E-state index contributed by atoms with van der Waals surface area (Å²) in [7, 11) is 0. The summed E-state index contributed by atoms with van der Waals surface area (Å²) in [6, 6.07) is 0. The van der Waals surface area contributed by atoms with Gasteiger partial charge in [0.2, 0.25) is 0 Å². The van der Waals surface area contributed by atoms with Crippen molar-refractivity contribution in [3.05, 3.63) is 48.6 Å². The molecule has 0 aliphatic rings. The van der Waals surface area contributed by atoms with Gasteiger partial charge in [0.25, 0.3) is 0 Å². The average Bonchev–Trinajstić information content (AvgIpc) is 3.15.